The van der Waals surface area contributed by atoms with Gasteiger partial charge in [-0.15, -0.1) is 0 Å². The SMILES string of the molecule is CC(=O)N1CC2CC(c3ccc(CCCO)cc3)=C(C(=O)N(Cc3ccccc3Cl)C3CC3)C(C1)N2C(=O)OC(C)(C)C(Cl)(Cl)Cl. The van der Waals surface area contributed by atoms with Gasteiger partial charge in [-0.05, 0) is 74.3 Å². The highest BCUT2D eigenvalue weighted by molar-refractivity contribution is 6.68. The summed E-state index contributed by atoms with van der Waals surface area (Å²) in [4.78, 5) is 46.7. The average Bonchev–Trinajstić information content (AvgIpc) is 3.83. The molecule has 1 aliphatic carbocycles. The van der Waals surface area contributed by atoms with Gasteiger partial charge in [0.15, 0.2) is 5.60 Å². The third-order valence-electron chi connectivity index (χ3n) is 9.04. The molecule has 248 valence electrons. The molecule has 2 fully saturated rings. The number of alkyl halides is 3. The molecule has 2 aromatic carbocycles. The lowest BCUT2D eigenvalue weighted by Gasteiger charge is -2.51. The number of ether oxygens (including phenoxy) is 1. The minimum absolute atomic E-state index is 0.0206. The highest BCUT2D eigenvalue weighted by Crippen LogP contribution is 2.44. The van der Waals surface area contributed by atoms with Gasteiger partial charge in [-0.1, -0.05) is 88.9 Å². The van der Waals surface area contributed by atoms with Crippen LogP contribution in [0.15, 0.2) is 54.1 Å². The number of hydrogen-bond acceptors (Lipinski definition) is 5. The van der Waals surface area contributed by atoms with Crippen LogP contribution in [0.3, 0.4) is 0 Å². The first-order valence-electron chi connectivity index (χ1n) is 15.5. The Morgan fingerprint density at radius 3 is 2.28 bits per heavy atom. The Kier molecular flexibility index (Phi) is 10.5. The van der Waals surface area contributed by atoms with Crippen molar-refractivity contribution in [1.29, 1.82) is 0 Å². The van der Waals surface area contributed by atoms with Crippen molar-refractivity contribution >= 4 is 69.9 Å². The summed E-state index contributed by atoms with van der Waals surface area (Å²) in [6.45, 7) is 5.30. The van der Waals surface area contributed by atoms with E-state index in [4.69, 9.17) is 51.1 Å². The topological polar surface area (TPSA) is 90.4 Å². The maximum absolute atomic E-state index is 14.9. The molecule has 0 aromatic heterocycles. The number of rotatable bonds is 9. The summed E-state index contributed by atoms with van der Waals surface area (Å²) in [5.74, 6) is -0.364. The summed E-state index contributed by atoms with van der Waals surface area (Å²) in [5, 5.41) is 9.86. The van der Waals surface area contributed by atoms with Gasteiger partial charge in [0.2, 0.25) is 9.70 Å². The van der Waals surface area contributed by atoms with E-state index in [2.05, 4.69) is 0 Å². The van der Waals surface area contributed by atoms with E-state index in [1.807, 2.05) is 47.4 Å². The predicted octanol–water partition coefficient (Wildman–Crippen LogP) is 6.80. The second-order valence-electron chi connectivity index (χ2n) is 12.8. The number of nitrogens with zero attached hydrogens (tertiary/aromatic N) is 3. The van der Waals surface area contributed by atoms with Gasteiger partial charge in [-0.2, -0.15) is 0 Å². The molecule has 2 aliphatic heterocycles. The Balaban J connectivity index is 1.62. The highest BCUT2D eigenvalue weighted by Gasteiger charge is 2.52. The Hall–Kier alpha value is -2.49. The first-order chi connectivity index (χ1) is 21.7. The van der Waals surface area contributed by atoms with Crippen molar-refractivity contribution in [3.8, 4) is 0 Å². The van der Waals surface area contributed by atoms with E-state index >= 15 is 0 Å². The Bertz CT molecular complexity index is 1500. The van der Waals surface area contributed by atoms with Crippen molar-refractivity contribution in [3.05, 3.63) is 75.8 Å². The summed E-state index contributed by atoms with van der Waals surface area (Å²) >= 11 is 25.1. The van der Waals surface area contributed by atoms with Crippen molar-refractivity contribution in [2.75, 3.05) is 19.7 Å². The van der Waals surface area contributed by atoms with Crippen LogP contribution in [0.5, 0.6) is 0 Å². The number of hydrogen-bond donors (Lipinski definition) is 1. The fourth-order valence-electron chi connectivity index (χ4n) is 6.19. The Labute approximate surface area is 290 Å². The molecule has 1 saturated carbocycles. The molecular weight excluding hydrogens is 672 g/mol. The first kappa shape index (κ1) is 34.8. The molecule has 3 aliphatic rings. The number of aryl methyl sites for hydroxylation is 1. The van der Waals surface area contributed by atoms with Gasteiger partial charge >= 0.3 is 6.09 Å². The van der Waals surface area contributed by atoms with Crippen molar-refractivity contribution < 1.29 is 24.2 Å². The van der Waals surface area contributed by atoms with Gasteiger partial charge in [0.25, 0.3) is 5.91 Å². The second-order valence-corrected chi connectivity index (χ2v) is 15.4. The summed E-state index contributed by atoms with van der Waals surface area (Å²) in [7, 11) is 0. The number of fused-ring (bicyclic) bond motifs is 2. The van der Waals surface area contributed by atoms with E-state index in [0.29, 0.717) is 30.0 Å². The standard InChI is InChI=1S/C34H39Cl4N3O5/c1-21(43)39-19-26-17-27(23-12-10-22(11-13-23)7-6-16-42)30(29(20-39)41(26)32(45)46-33(2,3)34(36,37)38)31(44)40(25-14-15-25)18-24-8-4-5-9-28(24)35/h4-5,8-13,25-26,29,42H,6-7,14-20H2,1-3H3. The molecule has 2 heterocycles. The van der Waals surface area contributed by atoms with E-state index < -0.39 is 27.6 Å². The molecule has 2 unspecified atom stereocenters. The maximum atomic E-state index is 14.9. The summed E-state index contributed by atoms with van der Waals surface area (Å²) in [5.41, 5.74) is 2.54. The lowest BCUT2D eigenvalue weighted by atomic mass is 9.81. The zero-order valence-electron chi connectivity index (χ0n) is 26.1. The second kappa shape index (κ2) is 13.9. The van der Waals surface area contributed by atoms with Crippen LogP contribution in [0, 0.1) is 0 Å². The molecule has 8 nitrogen and oxygen atoms in total. The maximum Gasteiger partial charge on any atom is 0.411 e. The molecule has 5 rings (SSSR count). The number of carbonyl (C=O) groups excluding carboxylic acids is 3. The zero-order valence-corrected chi connectivity index (χ0v) is 29.2. The highest BCUT2D eigenvalue weighted by atomic mass is 35.6. The Morgan fingerprint density at radius 1 is 1.02 bits per heavy atom. The number of aliphatic hydroxyl groups excluding tert-OH is 1. The van der Waals surface area contributed by atoms with Crippen molar-refractivity contribution in [1.82, 2.24) is 14.7 Å². The van der Waals surface area contributed by atoms with Crippen molar-refractivity contribution in [3.63, 3.8) is 0 Å². The zero-order chi connectivity index (χ0) is 33.4. The number of amides is 3. The van der Waals surface area contributed by atoms with Gasteiger partial charge in [0.05, 0.1) is 12.1 Å². The van der Waals surface area contributed by atoms with Crippen LogP contribution < -0.4 is 0 Å². The van der Waals surface area contributed by atoms with Crippen LogP contribution in [0.25, 0.3) is 5.57 Å². The number of carbonyl (C=O) groups is 3. The smallest absolute Gasteiger partial charge is 0.411 e. The van der Waals surface area contributed by atoms with Crippen LogP contribution in [0.1, 0.15) is 63.1 Å². The first-order valence-corrected chi connectivity index (χ1v) is 17.0. The number of benzene rings is 2. The number of aliphatic hydroxyl groups is 1. The van der Waals surface area contributed by atoms with E-state index in [1.165, 1.54) is 20.8 Å². The van der Waals surface area contributed by atoms with E-state index in [9.17, 15) is 19.5 Å². The fraction of sp³-hybridized carbons (Fsp3) is 0.500. The minimum Gasteiger partial charge on any atom is -0.439 e. The summed E-state index contributed by atoms with van der Waals surface area (Å²) in [6, 6.07) is 14.2. The molecule has 2 aromatic rings. The van der Waals surface area contributed by atoms with E-state index in [-0.39, 0.29) is 37.6 Å². The van der Waals surface area contributed by atoms with Gasteiger partial charge in [-0.3, -0.25) is 14.5 Å². The van der Waals surface area contributed by atoms with Crippen LogP contribution in [0.4, 0.5) is 4.79 Å². The molecule has 1 saturated heterocycles. The molecule has 3 amide bonds. The molecule has 0 spiro atoms. The van der Waals surface area contributed by atoms with Crippen LogP contribution in [0.2, 0.25) is 5.02 Å². The molecule has 0 radical (unpaired) electrons. The molecule has 46 heavy (non-hydrogen) atoms. The number of piperazine rings is 1. The quantitative estimate of drug-likeness (QED) is 0.289. The molecule has 1 N–H and O–H groups in total. The van der Waals surface area contributed by atoms with Gasteiger partial charge < -0.3 is 19.6 Å². The normalized spacial score (nSPS) is 20.1. The molecule has 2 atom stereocenters. The van der Waals surface area contributed by atoms with E-state index in [0.717, 1.165) is 41.5 Å². The third-order valence-corrected chi connectivity index (χ3v) is 10.8. The monoisotopic (exact) mass is 709 g/mol. The van der Waals surface area contributed by atoms with E-state index in [1.54, 1.807) is 15.9 Å². The number of halogens is 4. The molecule has 2 bridgehead atoms. The Morgan fingerprint density at radius 2 is 1.70 bits per heavy atom. The average molecular weight is 712 g/mol. The lowest BCUT2D eigenvalue weighted by Crippen LogP contribution is -2.66. The van der Waals surface area contributed by atoms with Crippen molar-refractivity contribution in [2.24, 2.45) is 0 Å². The summed E-state index contributed by atoms with van der Waals surface area (Å²) < 4.78 is 3.92. The summed E-state index contributed by atoms with van der Waals surface area (Å²) in [6.07, 6.45) is 2.68. The predicted molar refractivity (Wildman–Crippen MR) is 181 cm³/mol. The largest absolute Gasteiger partial charge is 0.439 e. The fourth-order valence-corrected chi connectivity index (χ4v) is 6.50. The lowest BCUT2D eigenvalue weighted by molar-refractivity contribution is -0.136. The minimum atomic E-state index is -1.91. The third kappa shape index (κ3) is 7.47. The van der Waals surface area contributed by atoms with Gasteiger partial charge in [-0.25, -0.2) is 4.79 Å². The van der Waals surface area contributed by atoms with Crippen LogP contribution in [-0.2, 0) is 27.3 Å². The van der Waals surface area contributed by atoms with Crippen molar-refractivity contribution in [2.45, 2.75) is 86.9 Å². The van der Waals surface area contributed by atoms with Gasteiger partial charge in [0.1, 0.15) is 0 Å². The molecular formula is C34H39Cl4N3O5. The van der Waals surface area contributed by atoms with Gasteiger partial charge in [0, 0.05) is 49.8 Å². The molecule has 12 heteroatoms. The van der Waals surface area contributed by atoms with Crippen LogP contribution in [-0.4, -0.2) is 84.9 Å². The van der Waals surface area contributed by atoms with Crippen LogP contribution >= 0.6 is 46.4 Å².